The summed E-state index contributed by atoms with van der Waals surface area (Å²) in [7, 11) is 0. The van der Waals surface area contributed by atoms with Gasteiger partial charge in [-0.25, -0.2) is 0 Å². The maximum absolute atomic E-state index is 6.18. The van der Waals surface area contributed by atoms with Crippen LogP contribution in [0.4, 0.5) is 0 Å². The first-order chi connectivity index (χ1) is 8.70. The van der Waals surface area contributed by atoms with Gasteiger partial charge in [-0.3, -0.25) is 0 Å². The third-order valence-electron chi connectivity index (χ3n) is 3.16. The number of hydrogen-bond acceptors (Lipinski definition) is 2. The summed E-state index contributed by atoms with van der Waals surface area (Å²) >= 11 is 14.0. The molecule has 1 saturated carbocycles. The zero-order chi connectivity index (χ0) is 13.0. The van der Waals surface area contributed by atoms with Gasteiger partial charge in [0.15, 0.2) is 0 Å². The van der Waals surface area contributed by atoms with Crippen LogP contribution >= 0.6 is 35.0 Å². The van der Waals surface area contributed by atoms with Crippen molar-refractivity contribution in [3.63, 3.8) is 0 Å². The quantitative estimate of drug-likeness (QED) is 0.722. The van der Waals surface area contributed by atoms with E-state index in [4.69, 9.17) is 23.2 Å². The first-order valence-electron chi connectivity index (χ1n) is 6.52. The Morgan fingerprint density at radius 1 is 1.39 bits per heavy atom. The average molecular weight is 304 g/mol. The largest absolute Gasteiger partial charge is 0.313 e. The van der Waals surface area contributed by atoms with Crippen molar-refractivity contribution in [1.29, 1.82) is 0 Å². The van der Waals surface area contributed by atoms with Crippen molar-refractivity contribution in [3.8, 4) is 0 Å². The van der Waals surface area contributed by atoms with Gasteiger partial charge in [-0.2, -0.15) is 0 Å². The smallest absolute Gasteiger partial charge is 0.0542 e. The van der Waals surface area contributed by atoms with E-state index in [-0.39, 0.29) is 0 Å². The Balaban J connectivity index is 1.89. The Morgan fingerprint density at radius 2 is 2.17 bits per heavy atom. The zero-order valence-electron chi connectivity index (χ0n) is 10.6. The monoisotopic (exact) mass is 303 g/mol. The molecule has 1 aliphatic carbocycles. The Hall–Kier alpha value is 0.110. The molecule has 0 saturated heterocycles. The maximum Gasteiger partial charge on any atom is 0.0542 e. The SMILES string of the molecule is CCCNC(CSc1cc(Cl)ccc1Cl)C1CC1. The second-order valence-corrected chi connectivity index (χ2v) is 6.69. The molecule has 1 atom stereocenters. The molecule has 1 aliphatic rings. The minimum Gasteiger partial charge on any atom is -0.313 e. The number of hydrogen-bond donors (Lipinski definition) is 1. The van der Waals surface area contributed by atoms with E-state index in [0.29, 0.717) is 6.04 Å². The molecule has 0 aliphatic heterocycles. The van der Waals surface area contributed by atoms with Crippen molar-refractivity contribution in [2.24, 2.45) is 5.92 Å². The summed E-state index contributed by atoms with van der Waals surface area (Å²) in [5.74, 6) is 1.94. The lowest BCUT2D eigenvalue weighted by molar-refractivity contribution is 0.503. The van der Waals surface area contributed by atoms with Crippen molar-refractivity contribution in [3.05, 3.63) is 28.2 Å². The van der Waals surface area contributed by atoms with Gasteiger partial charge in [0.25, 0.3) is 0 Å². The minimum absolute atomic E-state index is 0.616. The molecule has 18 heavy (non-hydrogen) atoms. The summed E-state index contributed by atoms with van der Waals surface area (Å²) in [6, 6.07) is 6.28. The van der Waals surface area contributed by atoms with Crippen LogP contribution in [-0.2, 0) is 0 Å². The average Bonchev–Trinajstić information content (AvgIpc) is 3.17. The molecule has 0 aromatic heterocycles. The predicted octanol–water partition coefficient (Wildman–Crippen LogP) is 4.86. The molecular weight excluding hydrogens is 285 g/mol. The Morgan fingerprint density at radius 3 is 2.83 bits per heavy atom. The van der Waals surface area contributed by atoms with Crippen LogP contribution in [0.1, 0.15) is 26.2 Å². The van der Waals surface area contributed by atoms with Crippen LogP contribution in [0.25, 0.3) is 0 Å². The van der Waals surface area contributed by atoms with Gasteiger partial charge in [-0.05, 0) is 49.9 Å². The maximum atomic E-state index is 6.18. The highest BCUT2D eigenvalue weighted by Gasteiger charge is 2.30. The molecule has 0 bridgehead atoms. The van der Waals surface area contributed by atoms with Gasteiger partial charge < -0.3 is 5.32 Å². The highest BCUT2D eigenvalue weighted by atomic mass is 35.5. The topological polar surface area (TPSA) is 12.0 Å². The fourth-order valence-corrected chi connectivity index (χ4v) is 3.64. The lowest BCUT2D eigenvalue weighted by atomic mass is 10.2. The molecule has 1 nitrogen and oxygen atoms in total. The van der Waals surface area contributed by atoms with Crippen molar-refractivity contribution in [2.75, 3.05) is 12.3 Å². The van der Waals surface area contributed by atoms with Crippen LogP contribution in [0.5, 0.6) is 0 Å². The van der Waals surface area contributed by atoms with Gasteiger partial charge in [0, 0.05) is 21.7 Å². The summed E-state index contributed by atoms with van der Waals surface area (Å²) in [4.78, 5) is 1.09. The molecule has 4 heteroatoms. The molecule has 1 fully saturated rings. The summed E-state index contributed by atoms with van der Waals surface area (Å²) in [6.07, 6.45) is 3.92. The normalized spacial score (nSPS) is 16.8. The number of halogens is 2. The van der Waals surface area contributed by atoms with Gasteiger partial charge in [0.1, 0.15) is 0 Å². The third kappa shape index (κ3) is 4.34. The van der Waals surface area contributed by atoms with Gasteiger partial charge in [-0.15, -0.1) is 11.8 Å². The number of thioether (sulfide) groups is 1. The predicted molar refractivity (Wildman–Crippen MR) is 82.0 cm³/mol. The van der Waals surface area contributed by atoms with E-state index < -0.39 is 0 Å². The standard InChI is InChI=1S/C14H19Cl2NS/c1-2-7-17-13(10-3-4-10)9-18-14-8-11(15)5-6-12(14)16/h5-6,8,10,13,17H,2-4,7,9H2,1H3. The van der Waals surface area contributed by atoms with Crippen LogP contribution in [0, 0.1) is 5.92 Å². The fraction of sp³-hybridized carbons (Fsp3) is 0.571. The number of nitrogens with one attached hydrogen (secondary N) is 1. The van der Waals surface area contributed by atoms with Gasteiger partial charge in [0.05, 0.1) is 5.02 Å². The van der Waals surface area contributed by atoms with E-state index >= 15 is 0 Å². The van der Waals surface area contributed by atoms with Crippen molar-refractivity contribution < 1.29 is 0 Å². The highest BCUT2D eigenvalue weighted by molar-refractivity contribution is 7.99. The van der Waals surface area contributed by atoms with E-state index in [1.54, 1.807) is 0 Å². The van der Waals surface area contributed by atoms with E-state index in [1.165, 1.54) is 19.3 Å². The molecule has 1 unspecified atom stereocenters. The Labute approximate surface area is 124 Å². The lowest BCUT2D eigenvalue weighted by Crippen LogP contribution is -2.33. The number of rotatable bonds is 7. The molecule has 0 amide bonds. The van der Waals surface area contributed by atoms with Gasteiger partial charge >= 0.3 is 0 Å². The fourth-order valence-electron chi connectivity index (χ4n) is 1.96. The first kappa shape index (κ1) is 14.5. The van der Waals surface area contributed by atoms with Crippen LogP contribution in [0.3, 0.4) is 0 Å². The lowest BCUT2D eigenvalue weighted by Gasteiger charge is -2.17. The minimum atomic E-state index is 0.616. The molecular formula is C14H19Cl2NS. The van der Waals surface area contributed by atoms with E-state index in [9.17, 15) is 0 Å². The summed E-state index contributed by atoms with van der Waals surface area (Å²) in [5, 5.41) is 5.20. The van der Waals surface area contributed by atoms with Crippen LogP contribution < -0.4 is 5.32 Å². The molecule has 0 spiro atoms. The van der Waals surface area contributed by atoms with E-state index in [0.717, 1.165) is 33.2 Å². The van der Waals surface area contributed by atoms with Crippen LogP contribution in [0.15, 0.2) is 23.1 Å². The third-order valence-corrected chi connectivity index (χ3v) is 5.01. The highest BCUT2D eigenvalue weighted by Crippen LogP contribution is 2.37. The van der Waals surface area contributed by atoms with E-state index in [2.05, 4.69) is 12.2 Å². The second kappa shape index (κ2) is 7.04. The molecule has 1 N–H and O–H groups in total. The molecule has 1 aromatic carbocycles. The Kier molecular flexibility index (Phi) is 5.68. The molecule has 2 rings (SSSR count). The van der Waals surface area contributed by atoms with Crippen molar-refractivity contribution in [1.82, 2.24) is 5.32 Å². The van der Waals surface area contributed by atoms with Crippen LogP contribution in [0.2, 0.25) is 10.0 Å². The van der Waals surface area contributed by atoms with Gasteiger partial charge in [-0.1, -0.05) is 30.1 Å². The molecule has 0 radical (unpaired) electrons. The van der Waals surface area contributed by atoms with E-state index in [1.807, 2.05) is 30.0 Å². The second-order valence-electron chi connectivity index (χ2n) is 4.78. The summed E-state index contributed by atoms with van der Waals surface area (Å²) in [5.41, 5.74) is 0. The Bertz CT molecular complexity index is 393. The van der Waals surface area contributed by atoms with Crippen molar-refractivity contribution in [2.45, 2.75) is 37.1 Å². The van der Waals surface area contributed by atoms with Crippen molar-refractivity contribution >= 4 is 35.0 Å². The molecule has 100 valence electrons. The molecule has 0 heterocycles. The van der Waals surface area contributed by atoms with Gasteiger partial charge in [0.2, 0.25) is 0 Å². The van der Waals surface area contributed by atoms with Crippen LogP contribution in [-0.4, -0.2) is 18.3 Å². The summed E-state index contributed by atoms with van der Waals surface area (Å²) < 4.78 is 0. The molecule has 1 aromatic rings. The zero-order valence-corrected chi connectivity index (χ0v) is 12.9. The first-order valence-corrected chi connectivity index (χ1v) is 8.26. The summed E-state index contributed by atoms with van der Waals surface area (Å²) in [6.45, 7) is 3.31. The number of benzene rings is 1.